The molecule has 1 atom stereocenters. The predicted octanol–water partition coefficient (Wildman–Crippen LogP) is 0.661. The van der Waals surface area contributed by atoms with E-state index in [-0.39, 0.29) is 0 Å². The van der Waals surface area contributed by atoms with Crippen molar-refractivity contribution in [3.63, 3.8) is 0 Å². The molecule has 0 aromatic rings. The highest BCUT2D eigenvalue weighted by Crippen LogP contribution is 2.16. The van der Waals surface area contributed by atoms with Crippen molar-refractivity contribution < 1.29 is 4.74 Å². The van der Waals surface area contributed by atoms with Crippen LogP contribution in [0.3, 0.4) is 0 Å². The number of hydrogen-bond acceptors (Lipinski definition) is 2. The van der Waals surface area contributed by atoms with Crippen molar-refractivity contribution >= 4 is 12.8 Å². The van der Waals surface area contributed by atoms with Crippen molar-refractivity contribution in [2.24, 2.45) is 5.92 Å². The molecule has 0 aromatic heterocycles. The lowest BCUT2D eigenvalue weighted by atomic mass is 10.0. The van der Waals surface area contributed by atoms with Crippen LogP contribution in [0.4, 0.5) is 0 Å². The van der Waals surface area contributed by atoms with Gasteiger partial charge in [-0.1, -0.05) is 0 Å². The first-order valence-corrected chi connectivity index (χ1v) is 4.72. The lowest BCUT2D eigenvalue weighted by molar-refractivity contribution is 0.145. The maximum absolute atomic E-state index is 5.14. The zero-order valence-corrected chi connectivity index (χ0v) is 8.18. The second kappa shape index (κ2) is 5.01. The number of nitrogens with zero attached hydrogens (tertiary/aromatic N) is 1. The minimum Gasteiger partial charge on any atom is -0.384 e. The Balaban J connectivity index is 2.22. The summed E-state index contributed by atoms with van der Waals surface area (Å²) in [4.78, 5) is 0. The van der Waals surface area contributed by atoms with Gasteiger partial charge < -0.3 is 4.74 Å². The van der Waals surface area contributed by atoms with Gasteiger partial charge in [0, 0.05) is 39.6 Å². The van der Waals surface area contributed by atoms with E-state index >= 15 is 0 Å². The number of rotatable bonds is 2. The van der Waals surface area contributed by atoms with E-state index in [0.29, 0.717) is 0 Å². The van der Waals surface area contributed by atoms with Crippen LogP contribution in [0, 0.1) is 5.92 Å². The average Bonchev–Trinajstić information content (AvgIpc) is 2.17. The summed E-state index contributed by atoms with van der Waals surface area (Å²) in [6.45, 7) is 3.27. The fourth-order valence-electron chi connectivity index (χ4n) is 1.57. The van der Waals surface area contributed by atoms with Crippen molar-refractivity contribution in [1.29, 1.82) is 0 Å². The maximum atomic E-state index is 5.14. The van der Waals surface area contributed by atoms with Crippen LogP contribution in [0.15, 0.2) is 0 Å². The quantitative estimate of drug-likeness (QED) is 0.573. The Morgan fingerprint density at radius 2 is 2.27 bits per heavy atom. The van der Waals surface area contributed by atoms with Crippen LogP contribution < -0.4 is 0 Å². The standard InChI is InChI=1S/C8H17NOS/c1-10-7-8-3-2-5-9(11)6-4-8/h8,11H,2-7H2,1H3/p+1. The van der Waals surface area contributed by atoms with Gasteiger partial charge in [-0.15, -0.1) is 4.31 Å². The molecule has 1 fully saturated rings. The van der Waals surface area contributed by atoms with Crippen molar-refractivity contribution in [3.8, 4) is 0 Å². The first-order valence-electron chi connectivity index (χ1n) is 4.28. The highest BCUT2D eigenvalue weighted by atomic mass is 32.1. The van der Waals surface area contributed by atoms with Gasteiger partial charge >= 0.3 is 0 Å². The monoisotopic (exact) mass is 176 g/mol. The summed E-state index contributed by atoms with van der Waals surface area (Å²) in [6.07, 6.45) is 3.86. The highest BCUT2D eigenvalue weighted by Gasteiger charge is 2.16. The maximum Gasteiger partial charge on any atom is 0.0491 e. The summed E-state index contributed by atoms with van der Waals surface area (Å²) in [5.74, 6) is 0.779. The summed E-state index contributed by atoms with van der Waals surface area (Å²) in [5, 5.41) is 0. The number of methoxy groups -OCH3 is 1. The van der Waals surface area contributed by atoms with Gasteiger partial charge in [0.25, 0.3) is 0 Å². The van der Waals surface area contributed by atoms with Gasteiger partial charge in [0.1, 0.15) is 0 Å². The SMILES string of the molecule is COCC1CCCN([SH2+])CC1. The van der Waals surface area contributed by atoms with Crippen LogP contribution in [0.25, 0.3) is 0 Å². The van der Waals surface area contributed by atoms with Gasteiger partial charge in [-0.05, 0) is 25.2 Å². The molecule has 0 spiro atoms. The Morgan fingerprint density at radius 1 is 1.45 bits per heavy atom. The minimum absolute atomic E-state index is 0.779. The molecule has 66 valence electrons. The van der Waals surface area contributed by atoms with Crippen molar-refractivity contribution in [2.75, 3.05) is 26.8 Å². The largest absolute Gasteiger partial charge is 0.384 e. The molecule has 1 heterocycles. The van der Waals surface area contributed by atoms with Gasteiger partial charge in [-0.3, -0.25) is 0 Å². The molecule has 0 aliphatic carbocycles. The van der Waals surface area contributed by atoms with Crippen LogP contribution >= 0.6 is 0 Å². The van der Waals surface area contributed by atoms with Gasteiger partial charge in [-0.25, -0.2) is 0 Å². The van der Waals surface area contributed by atoms with Crippen LogP contribution in [0.5, 0.6) is 0 Å². The van der Waals surface area contributed by atoms with E-state index in [2.05, 4.69) is 17.1 Å². The minimum atomic E-state index is 0.779. The molecular formula is C8H18NOS+. The molecule has 0 bridgehead atoms. The summed E-state index contributed by atoms with van der Waals surface area (Å²) in [5.41, 5.74) is 0. The first-order chi connectivity index (χ1) is 5.33. The fourth-order valence-corrected chi connectivity index (χ4v) is 1.85. The molecule has 0 N–H and O–H groups in total. The Bertz CT molecular complexity index is 110. The third-order valence-corrected chi connectivity index (χ3v) is 2.70. The second-order valence-corrected chi connectivity index (χ2v) is 3.87. The lowest BCUT2D eigenvalue weighted by Crippen LogP contribution is -2.17. The molecule has 0 radical (unpaired) electrons. The molecule has 1 saturated heterocycles. The van der Waals surface area contributed by atoms with Crippen molar-refractivity contribution in [3.05, 3.63) is 0 Å². The Labute approximate surface area is 74.5 Å². The molecule has 1 unspecified atom stereocenters. The van der Waals surface area contributed by atoms with Crippen molar-refractivity contribution in [2.45, 2.75) is 19.3 Å². The van der Waals surface area contributed by atoms with E-state index in [9.17, 15) is 0 Å². The summed E-state index contributed by atoms with van der Waals surface area (Å²) < 4.78 is 7.36. The van der Waals surface area contributed by atoms with E-state index in [0.717, 1.165) is 19.1 Å². The number of ether oxygens (including phenoxy) is 1. The summed E-state index contributed by atoms with van der Waals surface area (Å²) in [6, 6.07) is 0. The smallest absolute Gasteiger partial charge is 0.0491 e. The Hall–Kier alpha value is 0.270. The van der Waals surface area contributed by atoms with E-state index in [4.69, 9.17) is 4.74 Å². The first kappa shape index (κ1) is 9.36. The summed E-state index contributed by atoms with van der Waals surface area (Å²) >= 11 is 3.56. The molecule has 11 heavy (non-hydrogen) atoms. The van der Waals surface area contributed by atoms with E-state index < -0.39 is 0 Å². The van der Waals surface area contributed by atoms with E-state index in [1.807, 2.05) is 0 Å². The molecule has 0 aromatic carbocycles. The van der Waals surface area contributed by atoms with Crippen molar-refractivity contribution in [1.82, 2.24) is 4.31 Å². The molecule has 0 saturated carbocycles. The lowest BCUT2D eigenvalue weighted by Gasteiger charge is -2.10. The van der Waals surface area contributed by atoms with Crippen LogP contribution in [-0.4, -0.2) is 31.1 Å². The van der Waals surface area contributed by atoms with E-state index in [1.54, 1.807) is 7.11 Å². The third-order valence-electron chi connectivity index (χ3n) is 2.25. The molecule has 1 rings (SSSR count). The normalized spacial score (nSPS) is 28.4. The molecule has 1 aliphatic rings. The average molecular weight is 176 g/mol. The zero-order valence-electron chi connectivity index (χ0n) is 7.18. The van der Waals surface area contributed by atoms with Crippen LogP contribution in [0.1, 0.15) is 19.3 Å². The third kappa shape index (κ3) is 3.45. The molecular weight excluding hydrogens is 158 g/mol. The zero-order chi connectivity index (χ0) is 8.10. The highest BCUT2D eigenvalue weighted by molar-refractivity contribution is 7.55. The molecule has 0 amide bonds. The van der Waals surface area contributed by atoms with Gasteiger partial charge in [0.15, 0.2) is 0 Å². The van der Waals surface area contributed by atoms with Gasteiger partial charge in [0.2, 0.25) is 0 Å². The predicted molar refractivity (Wildman–Crippen MR) is 50.9 cm³/mol. The fraction of sp³-hybridized carbons (Fsp3) is 1.00. The van der Waals surface area contributed by atoms with Gasteiger partial charge in [-0.2, -0.15) is 0 Å². The Kier molecular flexibility index (Phi) is 4.26. The van der Waals surface area contributed by atoms with Gasteiger partial charge in [0.05, 0.1) is 0 Å². The van der Waals surface area contributed by atoms with E-state index in [1.165, 1.54) is 25.8 Å². The number of hydrogen-bond donors (Lipinski definition) is 0. The van der Waals surface area contributed by atoms with Crippen LogP contribution in [0.2, 0.25) is 0 Å². The Morgan fingerprint density at radius 3 is 3.00 bits per heavy atom. The molecule has 2 nitrogen and oxygen atoms in total. The van der Waals surface area contributed by atoms with Crippen LogP contribution in [-0.2, 0) is 17.6 Å². The second-order valence-electron chi connectivity index (χ2n) is 3.24. The topological polar surface area (TPSA) is 12.5 Å². The molecule has 1 aliphatic heterocycles. The summed E-state index contributed by atoms with van der Waals surface area (Å²) in [7, 11) is 1.79. The molecule has 3 heteroatoms.